The monoisotopic (exact) mass is 688 g/mol. The molecule has 51 heavy (non-hydrogen) atoms. The van der Waals surface area contributed by atoms with Crippen molar-refractivity contribution < 1.29 is 47.6 Å². The summed E-state index contributed by atoms with van der Waals surface area (Å²) in [5, 5.41) is 3.18. The van der Waals surface area contributed by atoms with E-state index in [1.165, 1.54) is 0 Å². The van der Waals surface area contributed by atoms with E-state index in [9.17, 15) is 19.2 Å². The van der Waals surface area contributed by atoms with Gasteiger partial charge in [0.1, 0.15) is 23.0 Å². The predicted molar refractivity (Wildman–Crippen MR) is 191 cm³/mol. The first-order valence-electron chi connectivity index (χ1n) is 15.8. The van der Waals surface area contributed by atoms with Crippen LogP contribution >= 0.6 is 0 Å². The molecule has 0 unspecified atom stereocenters. The molecule has 10 heteroatoms. The average Bonchev–Trinajstić information content (AvgIpc) is 3.11. The highest BCUT2D eigenvalue weighted by Crippen LogP contribution is 2.35. The van der Waals surface area contributed by atoms with Crippen LogP contribution in [0.4, 0.5) is 0 Å². The van der Waals surface area contributed by atoms with Crippen molar-refractivity contribution in [3.8, 4) is 23.0 Å². The molecule has 0 spiro atoms. The third-order valence-electron chi connectivity index (χ3n) is 7.62. The SMILES string of the molecule is C=CC(=O)OCOc1ccc2cc(C(=O)Oc3ccc(OC(=O)c4ccc5cc(OCOC(=O)C(=C)C)ccc5c4)c(C(C)(C)C)c3)ccc2c1. The molecule has 0 aliphatic heterocycles. The molecule has 0 bridgehead atoms. The molecule has 0 aliphatic rings. The molecule has 0 aliphatic carbocycles. The minimum atomic E-state index is -0.587. The number of rotatable bonds is 12. The third-order valence-corrected chi connectivity index (χ3v) is 7.62. The summed E-state index contributed by atoms with van der Waals surface area (Å²) >= 11 is 0. The summed E-state index contributed by atoms with van der Waals surface area (Å²) in [5.74, 6) is -0.624. The summed E-state index contributed by atoms with van der Waals surface area (Å²) in [6.07, 6.45) is 1.05. The minimum Gasteiger partial charge on any atom is -0.457 e. The van der Waals surface area contributed by atoms with E-state index in [-0.39, 0.29) is 19.2 Å². The topological polar surface area (TPSA) is 124 Å². The summed E-state index contributed by atoms with van der Waals surface area (Å²) in [7, 11) is 0. The van der Waals surface area contributed by atoms with Crippen molar-refractivity contribution in [3.05, 3.63) is 132 Å². The van der Waals surface area contributed by atoms with Gasteiger partial charge in [0.15, 0.2) is 0 Å². The molecule has 0 saturated carbocycles. The van der Waals surface area contributed by atoms with Crippen LogP contribution in [-0.2, 0) is 24.5 Å². The van der Waals surface area contributed by atoms with Crippen molar-refractivity contribution in [2.75, 3.05) is 13.6 Å². The highest BCUT2D eigenvalue weighted by molar-refractivity contribution is 5.98. The van der Waals surface area contributed by atoms with Gasteiger partial charge in [0, 0.05) is 17.2 Å². The van der Waals surface area contributed by atoms with Crippen LogP contribution in [0.15, 0.2) is 116 Å². The zero-order valence-corrected chi connectivity index (χ0v) is 28.6. The molecule has 0 fully saturated rings. The lowest BCUT2D eigenvalue weighted by atomic mass is 9.86. The first kappa shape index (κ1) is 35.9. The Morgan fingerprint density at radius 1 is 0.627 bits per heavy atom. The first-order chi connectivity index (χ1) is 24.3. The lowest BCUT2D eigenvalue weighted by Gasteiger charge is -2.23. The standard InChI is InChI=1S/C41H36O10/c1-7-37(42)48-23-46-32-14-12-26-18-30(10-8-28(26)20-32)39(44)50-34-16-17-36(35(22-34)41(4,5)6)51-40(45)31-11-9-29-21-33(15-13-27(29)19-31)47-24-49-38(43)25(2)3/h7-22H,1-2,23-24H2,3-6H3. The van der Waals surface area contributed by atoms with Gasteiger partial charge in [0.2, 0.25) is 13.6 Å². The maximum atomic E-state index is 13.3. The lowest BCUT2D eigenvalue weighted by molar-refractivity contribution is -0.145. The van der Waals surface area contributed by atoms with Crippen molar-refractivity contribution in [3.63, 3.8) is 0 Å². The van der Waals surface area contributed by atoms with Crippen molar-refractivity contribution in [1.29, 1.82) is 0 Å². The summed E-state index contributed by atoms with van der Waals surface area (Å²) in [6.45, 7) is 13.8. The zero-order valence-electron chi connectivity index (χ0n) is 28.6. The number of hydrogen-bond donors (Lipinski definition) is 0. The van der Waals surface area contributed by atoms with Crippen molar-refractivity contribution in [2.45, 2.75) is 33.1 Å². The Kier molecular flexibility index (Phi) is 10.8. The summed E-state index contributed by atoms with van der Waals surface area (Å²) in [4.78, 5) is 49.3. The minimum absolute atomic E-state index is 0.254. The predicted octanol–water partition coefficient (Wildman–Crippen LogP) is 8.25. The smallest absolute Gasteiger partial charge is 0.343 e. The zero-order chi connectivity index (χ0) is 36.7. The van der Waals surface area contributed by atoms with Crippen molar-refractivity contribution >= 4 is 45.4 Å². The summed E-state index contributed by atoms with van der Waals surface area (Å²) in [6, 6.07) is 25.7. The Labute approximate surface area is 294 Å². The van der Waals surface area contributed by atoms with E-state index in [4.69, 9.17) is 28.4 Å². The number of benzene rings is 5. The molecule has 0 N–H and O–H groups in total. The van der Waals surface area contributed by atoms with Crippen LogP contribution in [-0.4, -0.2) is 37.5 Å². The third kappa shape index (κ3) is 9.18. The molecule has 0 heterocycles. The second-order valence-electron chi connectivity index (χ2n) is 12.5. The second kappa shape index (κ2) is 15.4. The largest absolute Gasteiger partial charge is 0.457 e. The number of carbonyl (C=O) groups is 4. The quantitative estimate of drug-likeness (QED) is 0.0548. The van der Waals surface area contributed by atoms with Gasteiger partial charge in [-0.1, -0.05) is 58.2 Å². The fourth-order valence-electron chi connectivity index (χ4n) is 4.94. The molecule has 0 radical (unpaired) electrons. The molecular weight excluding hydrogens is 652 g/mol. The normalized spacial score (nSPS) is 11.0. The van der Waals surface area contributed by atoms with Crippen LogP contribution in [0.2, 0.25) is 0 Å². The van der Waals surface area contributed by atoms with Crippen LogP contribution in [0, 0.1) is 0 Å². The van der Waals surface area contributed by atoms with Crippen LogP contribution in [0.5, 0.6) is 23.0 Å². The Hall–Kier alpha value is -6.42. The number of esters is 4. The van der Waals surface area contributed by atoms with Gasteiger partial charge in [0.25, 0.3) is 0 Å². The van der Waals surface area contributed by atoms with E-state index in [1.54, 1.807) is 97.9 Å². The van der Waals surface area contributed by atoms with Gasteiger partial charge in [-0.15, -0.1) is 0 Å². The maximum Gasteiger partial charge on any atom is 0.343 e. The van der Waals surface area contributed by atoms with E-state index >= 15 is 0 Å². The van der Waals surface area contributed by atoms with Crippen LogP contribution in [0.1, 0.15) is 54.0 Å². The van der Waals surface area contributed by atoms with Crippen LogP contribution < -0.4 is 18.9 Å². The summed E-state index contributed by atoms with van der Waals surface area (Å²) < 4.78 is 32.4. The second-order valence-corrected chi connectivity index (χ2v) is 12.5. The Morgan fingerprint density at radius 3 is 1.65 bits per heavy atom. The maximum absolute atomic E-state index is 13.3. The van der Waals surface area contributed by atoms with Gasteiger partial charge >= 0.3 is 23.9 Å². The fourth-order valence-corrected chi connectivity index (χ4v) is 4.94. The highest BCUT2D eigenvalue weighted by Gasteiger charge is 2.23. The highest BCUT2D eigenvalue weighted by atomic mass is 16.7. The van der Waals surface area contributed by atoms with E-state index in [0.717, 1.165) is 27.6 Å². The van der Waals surface area contributed by atoms with Gasteiger partial charge in [-0.2, -0.15) is 0 Å². The van der Waals surface area contributed by atoms with E-state index in [2.05, 4.69) is 13.2 Å². The van der Waals surface area contributed by atoms with Gasteiger partial charge in [-0.3, -0.25) is 0 Å². The molecule has 0 amide bonds. The Morgan fingerprint density at radius 2 is 1.12 bits per heavy atom. The van der Waals surface area contributed by atoms with Crippen LogP contribution in [0.25, 0.3) is 21.5 Å². The first-order valence-corrected chi connectivity index (χ1v) is 15.8. The number of carbonyl (C=O) groups excluding carboxylic acids is 4. The molecule has 0 saturated heterocycles. The number of ether oxygens (including phenoxy) is 6. The molecule has 10 nitrogen and oxygen atoms in total. The molecule has 260 valence electrons. The fraction of sp³-hybridized carbons (Fsp3) is 0.171. The number of hydrogen-bond acceptors (Lipinski definition) is 10. The van der Waals surface area contributed by atoms with Crippen molar-refractivity contribution in [1.82, 2.24) is 0 Å². The van der Waals surface area contributed by atoms with E-state index < -0.39 is 29.3 Å². The molecule has 5 aromatic rings. The van der Waals surface area contributed by atoms with Crippen molar-refractivity contribution in [2.24, 2.45) is 0 Å². The lowest BCUT2D eigenvalue weighted by Crippen LogP contribution is -2.17. The van der Waals surface area contributed by atoms with Gasteiger partial charge < -0.3 is 28.4 Å². The average molecular weight is 689 g/mol. The van der Waals surface area contributed by atoms with Gasteiger partial charge in [-0.25, -0.2) is 19.2 Å². The molecular formula is C41H36O10. The Balaban J connectivity index is 1.26. The van der Waals surface area contributed by atoms with E-state index in [1.807, 2.05) is 20.8 Å². The number of fused-ring (bicyclic) bond motifs is 2. The molecule has 0 aromatic heterocycles. The van der Waals surface area contributed by atoms with Crippen LogP contribution in [0.3, 0.4) is 0 Å². The molecule has 0 atom stereocenters. The molecule has 5 aromatic carbocycles. The van der Waals surface area contributed by atoms with Gasteiger partial charge in [0.05, 0.1) is 11.1 Å². The van der Waals surface area contributed by atoms with E-state index in [0.29, 0.717) is 39.7 Å². The molecule has 5 rings (SSSR count). The van der Waals surface area contributed by atoms with Gasteiger partial charge in [-0.05, 0) is 101 Å². The Bertz CT molecular complexity index is 2170. The summed E-state index contributed by atoms with van der Waals surface area (Å²) in [5.41, 5.74) is 1.15.